The Morgan fingerprint density at radius 2 is 2.20 bits per heavy atom. The van der Waals surface area contributed by atoms with Crippen LogP contribution >= 0.6 is 15.9 Å². The van der Waals surface area contributed by atoms with E-state index in [1.54, 1.807) is 0 Å². The summed E-state index contributed by atoms with van der Waals surface area (Å²) in [5, 5.41) is 0. The lowest BCUT2D eigenvalue weighted by molar-refractivity contribution is 0.196. The molecule has 0 saturated carbocycles. The molecule has 1 aromatic rings. The van der Waals surface area contributed by atoms with E-state index in [0.29, 0.717) is 6.54 Å². The van der Waals surface area contributed by atoms with Crippen molar-refractivity contribution < 1.29 is 4.74 Å². The monoisotopic (exact) mass is 271 g/mol. The molecule has 3 heteroatoms. The predicted molar refractivity (Wildman–Crippen MR) is 67.3 cm³/mol. The Morgan fingerprint density at radius 1 is 1.47 bits per heavy atom. The number of hydrogen-bond acceptors (Lipinski definition) is 2. The van der Waals surface area contributed by atoms with E-state index in [9.17, 15) is 0 Å². The summed E-state index contributed by atoms with van der Waals surface area (Å²) >= 11 is 3.44. The maximum Gasteiger partial charge on any atom is 0.123 e. The van der Waals surface area contributed by atoms with Crippen LogP contribution in [0.4, 0.5) is 0 Å². The molecule has 84 valence electrons. The highest BCUT2D eigenvalue weighted by molar-refractivity contribution is 9.10. The summed E-state index contributed by atoms with van der Waals surface area (Å²) in [5.41, 5.74) is 6.80. The van der Waals surface area contributed by atoms with Gasteiger partial charge in [-0.05, 0) is 31.0 Å². The summed E-state index contributed by atoms with van der Waals surface area (Å²) in [7, 11) is 0. The molecule has 1 rings (SSSR count). The number of aryl methyl sites for hydroxylation is 1. The van der Waals surface area contributed by atoms with Crippen LogP contribution in [0.5, 0.6) is 5.75 Å². The van der Waals surface area contributed by atoms with Crippen molar-refractivity contribution in [2.75, 3.05) is 6.54 Å². The smallest absolute Gasteiger partial charge is 0.123 e. The topological polar surface area (TPSA) is 35.2 Å². The molecule has 0 aliphatic rings. The average Bonchev–Trinajstić information content (AvgIpc) is 2.22. The molecule has 0 saturated heterocycles. The minimum Gasteiger partial charge on any atom is -0.489 e. The highest BCUT2D eigenvalue weighted by Crippen LogP contribution is 2.24. The van der Waals surface area contributed by atoms with Crippen molar-refractivity contribution in [2.24, 2.45) is 5.73 Å². The number of rotatable bonds is 5. The molecule has 15 heavy (non-hydrogen) atoms. The van der Waals surface area contributed by atoms with E-state index in [-0.39, 0.29) is 6.10 Å². The number of hydrogen-bond donors (Lipinski definition) is 1. The predicted octanol–water partition coefficient (Wildman–Crippen LogP) is 3.26. The average molecular weight is 272 g/mol. The normalized spacial score (nSPS) is 12.5. The van der Waals surface area contributed by atoms with Gasteiger partial charge >= 0.3 is 0 Å². The maximum atomic E-state index is 5.86. The summed E-state index contributed by atoms with van der Waals surface area (Å²) < 4.78 is 6.90. The van der Waals surface area contributed by atoms with E-state index in [1.807, 2.05) is 25.1 Å². The molecule has 0 aliphatic carbocycles. The van der Waals surface area contributed by atoms with Crippen molar-refractivity contribution in [2.45, 2.75) is 32.8 Å². The Balaban J connectivity index is 2.73. The van der Waals surface area contributed by atoms with Gasteiger partial charge in [-0.2, -0.15) is 0 Å². The standard InChI is InChI=1S/C12H18BrNO/c1-3-4-11(8-14)15-12-7-10(13)6-5-9(12)2/h5-7,11H,3-4,8,14H2,1-2H3. The third-order valence-electron chi connectivity index (χ3n) is 2.32. The zero-order chi connectivity index (χ0) is 11.3. The Bertz CT molecular complexity index is 314. The SMILES string of the molecule is CCCC(CN)Oc1cc(Br)ccc1C. The van der Waals surface area contributed by atoms with Gasteiger partial charge in [0.1, 0.15) is 11.9 Å². The summed E-state index contributed by atoms with van der Waals surface area (Å²) in [5.74, 6) is 0.924. The zero-order valence-electron chi connectivity index (χ0n) is 9.29. The van der Waals surface area contributed by atoms with Crippen LogP contribution in [-0.2, 0) is 0 Å². The van der Waals surface area contributed by atoms with E-state index >= 15 is 0 Å². The largest absolute Gasteiger partial charge is 0.489 e. The molecule has 0 radical (unpaired) electrons. The summed E-state index contributed by atoms with van der Waals surface area (Å²) in [6, 6.07) is 6.05. The van der Waals surface area contributed by atoms with Crippen molar-refractivity contribution in [3.63, 3.8) is 0 Å². The van der Waals surface area contributed by atoms with Crippen LogP contribution in [-0.4, -0.2) is 12.6 Å². The van der Waals surface area contributed by atoms with Crippen molar-refractivity contribution in [3.05, 3.63) is 28.2 Å². The molecular weight excluding hydrogens is 254 g/mol. The van der Waals surface area contributed by atoms with Crippen molar-refractivity contribution in [3.8, 4) is 5.75 Å². The second kappa shape index (κ2) is 6.13. The van der Waals surface area contributed by atoms with Crippen molar-refractivity contribution in [1.29, 1.82) is 0 Å². The van der Waals surface area contributed by atoms with Crippen LogP contribution in [0.3, 0.4) is 0 Å². The molecule has 0 spiro atoms. The number of halogens is 1. The van der Waals surface area contributed by atoms with Crippen LogP contribution in [0.2, 0.25) is 0 Å². The third-order valence-corrected chi connectivity index (χ3v) is 2.81. The Morgan fingerprint density at radius 3 is 2.80 bits per heavy atom. The zero-order valence-corrected chi connectivity index (χ0v) is 10.9. The molecule has 2 nitrogen and oxygen atoms in total. The van der Waals surface area contributed by atoms with Gasteiger partial charge in [0, 0.05) is 11.0 Å². The van der Waals surface area contributed by atoms with Gasteiger partial charge < -0.3 is 10.5 Å². The van der Waals surface area contributed by atoms with Crippen LogP contribution in [0.15, 0.2) is 22.7 Å². The minimum atomic E-state index is 0.128. The van der Waals surface area contributed by atoms with Gasteiger partial charge in [-0.25, -0.2) is 0 Å². The molecule has 0 fully saturated rings. The van der Waals surface area contributed by atoms with E-state index in [2.05, 4.69) is 22.9 Å². The Kier molecular flexibility index (Phi) is 5.12. The van der Waals surface area contributed by atoms with Crippen LogP contribution < -0.4 is 10.5 Å². The lowest BCUT2D eigenvalue weighted by Crippen LogP contribution is -2.26. The van der Waals surface area contributed by atoms with Gasteiger partial charge in [0.15, 0.2) is 0 Å². The quantitative estimate of drug-likeness (QED) is 0.892. The Labute approximate surface area is 99.9 Å². The highest BCUT2D eigenvalue weighted by atomic mass is 79.9. The van der Waals surface area contributed by atoms with Gasteiger partial charge in [-0.1, -0.05) is 35.3 Å². The van der Waals surface area contributed by atoms with Gasteiger partial charge in [0.25, 0.3) is 0 Å². The molecule has 0 amide bonds. The Hall–Kier alpha value is -0.540. The molecular formula is C12H18BrNO. The molecule has 0 aliphatic heterocycles. The van der Waals surface area contributed by atoms with Crippen LogP contribution in [0.1, 0.15) is 25.3 Å². The molecule has 1 aromatic carbocycles. The molecule has 1 atom stereocenters. The first-order valence-corrected chi connectivity index (χ1v) is 6.09. The van der Waals surface area contributed by atoms with E-state index in [0.717, 1.165) is 28.6 Å². The first kappa shape index (κ1) is 12.5. The molecule has 0 aromatic heterocycles. The summed E-state index contributed by atoms with van der Waals surface area (Å²) in [6.07, 6.45) is 2.22. The van der Waals surface area contributed by atoms with Gasteiger partial charge in [-0.3, -0.25) is 0 Å². The number of ether oxygens (including phenoxy) is 1. The highest BCUT2D eigenvalue weighted by Gasteiger charge is 2.09. The van der Waals surface area contributed by atoms with E-state index < -0.39 is 0 Å². The van der Waals surface area contributed by atoms with Crippen LogP contribution in [0.25, 0.3) is 0 Å². The van der Waals surface area contributed by atoms with Gasteiger partial charge in [-0.15, -0.1) is 0 Å². The summed E-state index contributed by atoms with van der Waals surface area (Å²) in [4.78, 5) is 0. The molecule has 0 bridgehead atoms. The van der Waals surface area contributed by atoms with E-state index in [4.69, 9.17) is 10.5 Å². The lowest BCUT2D eigenvalue weighted by atomic mass is 10.2. The lowest BCUT2D eigenvalue weighted by Gasteiger charge is -2.18. The summed E-state index contributed by atoms with van der Waals surface area (Å²) in [6.45, 7) is 4.75. The van der Waals surface area contributed by atoms with Crippen LogP contribution in [0, 0.1) is 6.92 Å². The minimum absolute atomic E-state index is 0.128. The first-order valence-electron chi connectivity index (χ1n) is 5.30. The molecule has 0 heterocycles. The molecule has 2 N–H and O–H groups in total. The van der Waals surface area contributed by atoms with Gasteiger partial charge in [0.2, 0.25) is 0 Å². The third kappa shape index (κ3) is 3.84. The number of benzene rings is 1. The fourth-order valence-electron chi connectivity index (χ4n) is 1.43. The maximum absolute atomic E-state index is 5.86. The van der Waals surface area contributed by atoms with E-state index in [1.165, 1.54) is 0 Å². The number of nitrogens with two attached hydrogens (primary N) is 1. The fourth-order valence-corrected chi connectivity index (χ4v) is 1.77. The second-order valence-electron chi connectivity index (χ2n) is 3.67. The first-order chi connectivity index (χ1) is 7.17. The second-order valence-corrected chi connectivity index (χ2v) is 4.59. The molecule has 1 unspecified atom stereocenters. The van der Waals surface area contributed by atoms with Crippen molar-refractivity contribution in [1.82, 2.24) is 0 Å². The van der Waals surface area contributed by atoms with Crippen molar-refractivity contribution >= 4 is 15.9 Å². The fraction of sp³-hybridized carbons (Fsp3) is 0.500. The van der Waals surface area contributed by atoms with Gasteiger partial charge in [0.05, 0.1) is 0 Å².